The van der Waals surface area contributed by atoms with Gasteiger partial charge in [-0.15, -0.1) is 0 Å². The standard InChI is InChI=1S/C11H17NO/c1-8(13)9-6-11(2)5-4-10(9)12(3)7-11/h4-5,9-10H,6-7H2,1-3H3. The van der Waals surface area contributed by atoms with Crippen LogP contribution in [0, 0.1) is 11.3 Å². The minimum atomic E-state index is 0.230. The second kappa shape index (κ2) is 2.68. The van der Waals surface area contributed by atoms with E-state index in [0.717, 1.165) is 13.0 Å². The van der Waals surface area contributed by atoms with Crippen LogP contribution in [0.4, 0.5) is 0 Å². The molecule has 2 heteroatoms. The molecular weight excluding hydrogens is 162 g/mol. The highest BCUT2D eigenvalue weighted by Gasteiger charge is 2.43. The quantitative estimate of drug-likeness (QED) is 0.568. The zero-order chi connectivity index (χ0) is 9.64. The second-order valence-electron chi connectivity index (χ2n) is 4.84. The number of rotatable bonds is 1. The molecule has 3 atom stereocenters. The van der Waals surface area contributed by atoms with Gasteiger partial charge in [0.15, 0.2) is 0 Å². The Kier molecular flexibility index (Phi) is 1.84. The van der Waals surface area contributed by atoms with E-state index in [1.54, 1.807) is 6.92 Å². The number of fused-ring (bicyclic) bond motifs is 2. The van der Waals surface area contributed by atoms with Crippen LogP contribution < -0.4 is 0 Å². The average molecular weight is 179 g/mol. The van der Waals surface area contributed by atoms with Gasteiger partial charge in [0.25, 0.3) is 0 Å². The first kappa shape index (κ1) is 8.95. The van der Waals surface area contributed by atoms with Gasteiger partial charge in [-0.05, 0) is 25.8 Å². The van der Waals surface area contributed by atoms with Gasteiger partial charge in [-0.25, -0.2) is 0 Å². The molecule has 0 N–H and O–H groups in total. The second-order valence-corrected chi connectivity index (χ2v) is 4.84. The molecule has 2 bridgehead atoms. The van der Waals surface area contributed by atoms with Crippen molar-refractivity contribution in [3.05, 3.63) is 12.2 Å². The zero-order valence-electron chi connectivity index (χ0n) is 8.58. The molecule has 13 heavy (non-hydrogen) atoms. The lowest BCUT2D eigenvalue weighted by molar-refractivity contribution is -0.125. The molecule has 0 aromatic heterocycles. The number of hydrogen-bond acceptors (Lipinski definition) is 2. The predicted octanol–water partition coefficient (Wildman–Crippen LogP) is 1.47. The molecule has 3 aliphatic rings. The molecule has 0 aromatic carbocycles. The Labute approximate surface area is 79.6 Å². The maximum atomic E-state index is 11.4. The van der Waals surface area contributed by atoms with Gasteiger partial charge < -0.3 is 0 Å². The van der Waals surface area contributed by atoms with Crippen molar-refractivity contribution in [2.24, 2.45) is 11.3 Å². The lowest BCUT2D eigenvalue weighted by Crippen LogP contribution is -2.54. The number of carbonyl (C=O) groups excluding carboxylic acids is 1. The molecule has 2 nitrogen and oxygen atoms in total. The van der Waals surface area contributed by atoms with Gasteiger partial charge in [0.1, 0.15) is 5.78 Å². The summed E-state index contributed by atoms with van der Waals surface area (Å²) in [5.41, 5.74) is 0.236. The molecule has 0 spiro atoms. The van der Waals surface area contributed by atoms with Crippen molar-refractivity contribution in [1.82, 2.24) is 4.90 Å². The van der Waals surface area contributed by atoms with E-state index >= 15 is 0 Å². The van der Waals surface area contributed by atoms with Crippen LogP contribution in [0.25, 0.3) is 0 Å². The maximum Gasteiger partial charge on any atom is 0.134 e. The lowest BCUT2D eigenvalue weighted by atomic mass is 9.67. The number of nitrogens with zero attached hydrogens (tertiary/aromatic N) is 1. The first-order valence-electron chi connectivity index (χ1n) is 4.92. The van der Waals surface area contributed by atoms with Gasteiger partial charge in [0.05, 0.1) is 0 Å². The first-order valence-corrected chi connectivity index (χ1v) is 4.92. The molecule has 0 saturated carbocycles. The van der Waals surface area contributed by atoms with Crippen molar-refractivity contribution in [2.75, 3.05) is 13.6 Å². The van der Waals surface area contributed by atoms with Crippen molar-refractivity contribution in [2.45, 2.75) is 26.3 Å². The number of Topliss-reactive ketones (excluding diaryl/α,β-unsaturated/α-hetero) is 1. The smallest absolute Gasteiger partial charge is 0.134 e. The summed E-state index contributed by atoms with van der Waals surface area (Å²) in [5.74, 6) is 0.570. The van der Waals surface area contributed by atoms with Crippen LogP contribution in [0.5, 0.6) is 0 Å². The fourth-order valence-corrected chi connectivity index (χ4v) is 2.79. The summed E-state index contributed by atoms with van der Waals surface area (Å²) in [6, 6.07) is 0.360. The van der Waals surface area contributed by atoms with E-state index in [1.807, 2.05) is 0 Å². The Morgan fingerprint density at radius 1 is 1.62 bits per heavy atom. The third kappa shape index (κ3) is 1.33. The largest absolute Gasteiger partial charge is 0.300 e. The fraction of sp³-hybridized carbons (Fsp3) is 0.727. The van der Waals surface area contributed by atoms with Crippen molar-refractivity contribution >= 4 is 5.78 Å². The van der Waals surface area contributed by atoms with Crippen molar-refractivity contribution < 1.29 is 4.79 Å². The molecule has 3 rings (SSSR count). The normalized spacial score (nSPS) is 43.9. The molecule has 2 heterocycles. The van der Waals surface area contributed by atoms with Gasteiger partial charge in [-0.2, -0.15) is 0 Å². The van der Waals surface area contributed by atoms with Gasteiger partial charge >= 0.3 is 0 Å². The summed E-state index contributed by atoms with van der Waals surface area (Å²) in [6.07, 6.45) is 5.53. The molecule has 72 valence electrons. The van der Waals surface area contributed by atoms with E-state index in [-0.39, 0.29) is 11.3 Å². The van der Waals surface area contributed by atoms with Gasteiger partial charge in [-0.3, -0.25) is 9.69 Å². The fourth-order valence-electron chi connectivity index (χ4n) is 2.79. The Morgan fingerprint density at radius 2 is 2.31 bits per heavy atom. The van der Waals surface area contributed by atoms with E-state index in [2.05, 4.69) is 31.0 Å². The molecule has 0 amide bonds. The summed E-state index contributed by atoms with van der Waals surface area (Å²) in [4.78, 5) is 13.7. The summed E-state index contributed by atoms with van der Waals surface area (Å²) in [7, 11) is 2.11. The van der Waals surface area contributed by atoms with Gasteiger partial charge in [0.2, 0.25) is 0 Å². The molecule has 2 aliphatic heterocycles. The SMILES string of the molecule is CC(=O)C1CC2(C)C=CC1N(C)C2. The Balaban J connectivity index is 2.31. The van der Waals surface area contributed by atoms with Crippen molar-refractivity contribution in [3.8, 4) is 0 Å². The molecule has 3 unspecified atom stereocenters. The average Bonchev–Trinajstić information content (AvgIpc) is 2.02. The van der Waals surface area contributed by atoms with Crippen LogP contribution in [0.3, 0.4) is 0 Å². The van der Waals surface area contributed by atoms with E-state index < -0.39 is 0 Å². The minimum Gasteiger partial charge on any atom is -0.300 e. The molecule has 1 aliphatic carbocycles. The van der Waals surface area contributed by atoms with E-state index in [4.69, 9.17) is 0 Å². The van der Waals surface area contributed by atoms with Crippen LogP contribution in [0.1, 0.15) is 20.3 Å². The van der Waals surface area contributed by atoms with E-state index in [1.165, 1.54) is 0 Å². The Hall–Kier alpha value is -0.630. The molecule has 1 saturated heterocycles. The third-order valence-corrected chi connectivity index (χ3v) is 3.44. The minimum absolute atomic E-state index is 0.230. The van der Waals surface area contributed by atoms with Crippen molar-refractivity contribution in [1.29, 1.82) is 0 Å². The highest BCUT2D eigenvalue weighted by atomic mass is 16.1. The summed E-state index contributed by atoms with van der Waals surface area (Å²) in [6.45, 7) is 5.06. The van der Waals surface area contributed by atoms with Crippen LogP contribution >= 0.6 is 0 Å². The molecule has 0 aromatic rings. The van der Waals surface area contributed by atoms with E-state index in [0.29, 0.717) is 11.8 Å². The van der Waals surface area contributed by atoms with Gasteiger partial charge in [-0.1, -0.05) is 19.1 Å². The van der Waals surface area contributed by atoms with Crippen LogP contribution in [-0.2, 0) is 4.79 Å². The first-order chi connectivity index (χ1) is 6.02. The topological polar surface area (TPSA) is 20.3 Å². The van der Waals surface area contributed by atoms with Crippen LogP contribution in [0.15, 0.2) is 12.2 Å². The van der Waals surface area contributed by atoms with Crippen LogP contribution in [0.2, 0.25) is 0 Å². The zero-order valence-corrected chi connectivity index (χ0v) is 8.58. The number of ketones is 1. The summed E-state index contributed by atoms with van der Waals surface area (Å²) < 4.78 is 0. The Bertz CT molecular complexity index is 271. The Morgan fingerprint density at radius 3 is 2.77 bits per heavy atom. The van der Waals surface area contributed by atoms with Crippen molar-refractivity contribution in [3.63, 3.8) is 0 Å². The monoisotopic (exact) mass is 179 g/mol. The lowest BCUT2D eigenvalue weighted by Gasteiger charge is -2.49. The maximum absolute atomic E-state index is 11.4. The van der Waals surface area contributed by atoms with E-state index in [9.17, 15) is 4.79 Å². The highest BCUT2D eigenvalue weighted by molar-refractivity contribution is 5.80. The summed E-state index contributed by atoms with van der Waals surface area (Å²) in [5, 5.41) is 0. The van der Waals surface area contributed by atoms with Gasteiger partial charge in [0, 0.05) is 18.5 Å². The number of carbonyl (C=O) groups is 1. The third-order valence-electron chi connectivity index (χ3n) is 3.44. The van der Waals surface area contributed by atoms with Crippen LogP contribution in [-0.4, -0.2) is 30.3 Å². The highest BCUT2D eigenvalue weighted by Crippen LogP contribution is 2.42. The number of likely N-dealkylation sites (N-methyl/N-ethyl adjacent to an activating group) is 1. The summed E-state index contributed by atoms with van der Waals surface area (Å²) >= 11 is 0. The number of piperidine rings is 1. The number of hydrogen-bond donors (Lipinski definition) is 0. The predicted molar refractivity (Wildman–Crippen MR) is 52.5 cm³/mol. The molecular formula is C11H17NO. The molecule has 0 radical (unpaired) electrons. The molecule has 1 fully saturated rings.